The largest absolute Gasteiger partial charge is 0.493 e. The number of rotatable bonds is 7. The lowest BCUT2D eigenvalue weighted by atomic mass is 10.1. The molecule has 2 aliphatic rings. The third-order valence-electron chi connectivity index (χ3n) is 7.05. The van der Waals surface area contributed by atoms with E-state index in [9.17, 15) is 9.90 Å². The number of halogens is 1. The Labute approximate surface area is 199 Å². The highest BCUT2D eigenvalue weighted by Crippen LogP contribution is 2.29. The Hall–Kier alpha value is -2.90. The monoisotopic (exact) mass is 465 g/mol. The fraction of sp³-hybridized carbons (Fsp3) is 0.444. The lowest BCUT2D eigenvalue weighted by Gasteiger charge is -2.25. The van der Waals surface area contributed by atoms with E-state index >= 15 is 4.39 Å². The molecular weight excluding hydrogens is 433 g/mol. The van der Waals surface area contributed by atoms with Gasteiger partial charge in [-0.15, -0.1) is 0 Å². The van der Waals surface area contributed by atoms with Crippen molar-refractivity contribution in [1.82, 2.24) is 9.47 Å². The van der Waals surface area contributed by atoms with Crippen LogP contribution < -0.4 is 15.2 Å². The summed E-state index contributed by atoms with van der Waals surface area (Å²) in [4.78, 5) is 17.8. The van der Waals surface area contributed by atoms with E-state index < -0.39 is 6.10 Å². The van der Waals surface area contributed by atoms with E-state index in [0.717, 1.165) is 38.0 Å². The van der Waals surface area contributed by atoms with Crippen LogP contribution in [0.1, 0.15) is 32.6 Å². The number of fused-ring (bicyclic) bond motifs is 1. The molecule has 0 aliphatic carbocycles. The molecule has 2 saturated heterocycles. The molecule has 0 amide bonds. The van der Waals surface area contributed by atoms with E-state index in [0.29, 0.717) is 41.6 Å². The van der Waals surface area contributed by atoms with Gasteiger partial charge >= 0.3 is 0 Å². The van der Waals surface area contributed by atoms with Gasteiger partial charge in [0.25, 0.3) is 5.56 Å². The average Bonchev–Trinajstić information content (AvgIpc) is 3.51. The first-order valence-electron chi connectivity index (χ1n) is 12.2. The van der Waals surface area contributed by atoms with Crippen LogP contribution in [0.4, 0.5) is 10.1 Å². The molecule has 3 aromatic rings. The normalized spacial score (nSPS) is 19.7. The summed E-state index contributed by atoms with van der Waals surface area (Å²) in [7, 11) is 0. The molecule has 1 N–H and O–H groups in total. The highest BCUT2D eigenvalue weighted by molar-refractivity contribution is 5.83. The van der Waals surface area contributed by atoms with Gasteiger partial charge in [0.05, 0.1) is 24.1 Å². The average molecular weight is 466 g/mol. The molecule has 3 heterocycles. The highest BCUT2D eigenvalue weighted by atomic mass is 19.1. The first-order chi connectivity index (χ1) is 16.5. The summed E-state index contributed by atoms with van der Waals surface area (Å²) in [6.07, 6.45) is 5.39. The van der Waals surface area contributed by atoms with E-state index in [1.807, 2.05) is 18.2 Å². The van der Waals surface area contributed by atoms with E-state index in [1.165, 1.54) is 23.5 Å². The van der Waals surface area contributed by atoms with Crippen LogP contribution in [0, 0.1) is 5.82 Å². The van der Waals surface area contributed by atoms with Crippen LogP contribution in [0.25, 0.3) is 16.5 Å². The Kier molecular flexibility index (Phi) is 6.57. The zero-order chi connectivity index (χ0) is 23.7. The van der Waals surface area contributed by atoms with Gasteiger partial charge in [-0.25, -0.2) is 4.39 Å². The second-order valence-corrected chi connectivity index (χ2v) is 9.49. The molecule has 5 rings (SSSR count). The molecule has 0 radical (unpaired) electrons. The topological polar surface area (TPSA) is 57.9 Å². The molecule has 2 fully saturated rings. The van der Waals surface area contributed by atoms with E-state index in [2.05, 4.69) is 9.80 Å². The van der Waals surface area contributed by atoms with Gasteiger partial charge in [-0.2, -0.15) is 0 Å². The van der Waals surface area contributed by atoms with Crippen LogP contribution in [0.15, 0.2) is 53.5 Å². The molecule has 180 valence electrons. The maximum Gasteiger partial charge on any atom is 0.262 e. The molecule has 34 heavy (non-hydrogen) atoms. The van der Waals surface area contributed by atoms with Crippen LogP contribution in [-0.2, 0) is 0 Å². The van der Waals surface area contributed by atoms with Crippen molar-refractivity contribution in [2.75, 3.05) is 37.7 Å². The molecule has 2 aromatic carbocycles. The molecule has 0 saturated carbocycles. The third-order valence-corrected chi connectivity index (χ3v) is 7.05. The Balaban J connectivity index is 1.34. The fourth-order valence-electron chi connectivity index (χ4n) is 5.13. The van der Waals surface area contributed by atoms with Gasteiger partial charge in [-0.3, -0.25) is 14.3 Å². The van der Waals surface area contributed by atoms with Gasteiger partial charge < -0.3 is 14.7 Å². The number of benzene rings is 2. The predicted octanol–water partition coefficient (Wildman–Crippen LogP) is 3.95. The summed E-state index contributed by atoms with van der Waals surface area (Å²) >= 11 is 0. The third kappa shape index (κ3) is 4.68. The number of hydrogen-bond acceptors (Lipinski definition) is 5. The summed E-state index contributed by atoms with van der Waals surface area (Å²) in [5, 5.41) is 10.7. The van der Waals surface area contributed by atoms with E-state index in [1.54, 1.807) is 31.3 Å². The Morgan fingerprint density at radius 1 is 1.12 bits per heavy atom. The summed E-state index contributed by atoms with van der Waals surface area (Å²) in [5.41, 5.74) is 0.925. The first kappa shape index (κ1) is 22.9. The number of nitrogens with zero attached hydrogens (tertiary/aromatic N) is 3. The van der Waals surface area contributed by atoms with Crippen molar-refractivity contribution in [3.8, 4) is 11.4 Å². The molecule has 6 nitrogen and oxygen atoms in total. The Morgan fingerprint density at radius 2 is 1.94 bits per heavy atom. The quantitative estimate of drug-likeness (QED) is 0.573. The second-order valence-electron chi connectivity index (χ2n) is 9.49. The number of aromatic nitrogens is 1. The van der Waals surface area contributed by atoms with Crippen LogP contribution in [0.3, 0.4) is 0 Å². The van der Waals surface area contributed by atoms with Gasteiger partial charge in [0.15, 0.2) is 0 Å². The van der Waals surface area contributed by atoms with E-state index in [-0.39, 0.29) is 11.4 Å². The minimum atomic E-state index is -0.420. The van der Waals surface area contributed by atoms with Gasteiger partial charge in [0, 0.05) is 43.2 Å². The highest BCUT2D eigenvalue weighted by Gasteiger charge is 2.30. The van der Waals surface area contributed by atoms with Crippen LogP contribution in [-0.4, -0.2) is 59.5 Å². The maximum absolute atomic E-state index is 15.2. The summed E-state index contributed by atoms with van der Waals surface area (Å²) in [6.45, 7) is 6.14. The minimum absolute atomic E-state index is 0.199. The zero-order valence-corrected chi connectivity index (χ0v) is 19.6. The van der Waals surface area contributed by atoms with Gasteiger partial charge in [0.1, 0.15) is 11.6 Å². The van der Waals surface area contributed by atoms with Crippen molar-refractivity contribution in [3.05, 3.63) is 64.8 Å². The van der Waals surface area contributed by atoms with Crippen molar-refractivity contribution < 1.29 is 14.2 Å². The second kappa shape index (κ2) is 9.76. The number of aliphatic hydroxyl groups excluding tert-OH is 1. The van der Waals surface area contributed by atoms with Crippen molar-refractivity contribution >= 4 is 16.5 Å². The molecular formula is C27H32FN3O3. The molecule has 0 spiro atoms. The summed E-state index contributed by atoms with van der Waals surface area (Å²) in [5.74, 6) is 0.354. The van der Waals surface area contributed by atoms with Gasteiger partial charge in [-0.05, 0) is 81.1 Å². The SMILES string of the molecule is CC(O)CCOc1ccc2c(=O)n(-c3ccc(N4CC[C@@H](N5CCCC5)C4)c(F)c3)ccc2c1. The fourth-order valence-corrected chi connectivity index (χ4v) is 5.13. The molecule has 2 aliphatic heterocycles. The molecule has 0 bridgehead atoms. The molecule has 1 unspecified atom stereocenters. The number of aliphatic hydroxyl groups is 1. The van der Waals surface area contributed by atoms with Crippen molar-refractivity contribution in [1.29, 1.82) is 0 Å². The number of ether oxygens (including phenoxy) is 1. The van der Waals surface area contributed by atoms with Crippen LogP contribution in [0.5, 0.6) is 5.75 Å². The molecule has 7 heteroatoms. The smallest absolute Gasteiger partial charge is 0.262 e. The van der Waals surface area contributed by atoms with Crippen LogP contribution >= 0.6 is 0 Å². The molecule has 1 aromatic heterocycles. The van der Waals surface area contributed by atoms with Gasteiger partial charge in [-0.1, -0.05) is 0 Å². The zero-order valence-electron chi connectivity index (χ0n) is 19.6. The van der Waals surface area contributed by atoms with Crippen molar-refractivity contribution in [3.63, 3.8) is 0 Å². The van der Waals surface area contributed by atoms with E-state index in [4.69, 9.17) is 4.74 Å². The number of pyridine rings is 1. The number of hydrogen-bond donors (Lipinski definition) is 1. The lowest BCUT2D eigenvalue weighted by molar-refractivity contribution is 0.155. The van der Waals surface area contributed by atoms with Gasteiger partial charge in [0.2, 0.25) is 0 Å². The van der Waals surface area contributed by atoms with Crippen molar-refractivity contribution in [2.45, 2.75) is 44.8 Å². The number of anilines is 1. The maximum atomic E-state index is 15.2. The summed E-state index contributed by atoms with van der Waals surface area (Å²) in [6, 6.07) is 12.7. The summed E-state index contributed by atoms with van der Waals surface area (Å²) < 4.78 is 22.3. The molecule has 2 atom stereocenters. The van der Waals surface area contributed by atoms with Crippen molar-refractivity contribution in [2.24, 2.45) is 0 Å². The standard InChI is InChI=1S/C27H32FN3O3/c1-19(32)10-15-34-23-5-6-24-20(16-23)8-14-31(27(24)33)21-4-7-26(25(28)17-21)30-13-9-22(18-30)29-11-2-3-12-29/h4-8,14,16-17,19,22,32H,2-3,9-13,15,18H2,1H3/t19?,22-/m1/s1. The van der Waals surface area contributed by atoms with Crippen LogP contribution in [0.2, 0.25) is 0 Å². The Morgan fingerprint density at radius 3 is 2.71 bits per heavy atom. The Bertz CT molecular complexity index is 1220. The lowest BCUT2D eigenvalue weighted by Crippen LogP contribution is -2.35. The minimum Gasteiger partial charge on any atom is -0.493 e. The predicted molar refractivity (Wildman–Crippen MR) is 133 cm³/mol. The first-order valence-corrected chi connectivity index (χ1v) is 12.2. The number of likely N-dealkylation sites (tertiary alicyclic amines) is 1.